The Hall–Kier alpha value is -2.15. The molecule has 3 rings (SSSR count). The van der Waals surface area contributed by atoms with Gasteiger partial charge in [0.15, 0.2) is 24.0 Å². The van der Waals surface area contributed by atoms with E-state index in [2.05, 4.69) is 5.32 Å². The summed E-state index contributed by atoms with van der Waals surface area (Å²) in [6, 6.07) is 9.09. The van der Waals surface area contributed by atoms with E-state index in [1.807, 2.05) is 18.2 Å². The van der Waals surface area contributed by atoms with Crippen molar-refractivity contribution in [2.24, 2.45) is 0 Å². The molecule has 1 amide bonds. The third-order valence-corrected chi connectivity index (χ3v) is 5.21. The second-order valence-corrected chi connectivity index (χ2v) is 7.49. The Morgan fingerprint density at radius 2 is 1.90 bits per heavy atom. The van der Waals surface area contributed by atoms with Crippen molar-refractivity contribution in [3.8, 4) is 17.2 Å². The molecule has 156 valence electrons. The fraction of sp³-hybridized carbons (Fsp3) is 0.381. The molecule has 0 fully saturated rings. The van der Waals surface area contributed by atoms with E-state index in [-0.39, 0.29) is 12.6 Å². The summed E-state index contributed by atoms with van der Waals surface area (Å²) in [5.74, 6) is 1.75. The van der Waals surface area contributed by atoms with Gasteiger partial charge in [-0.3, -0.25) is 4.79 Å². The number of amides is 1. The minimum Gasteiger partial charge on any atom is -0.493 e. The van der Waals surface area contributed by atoms with Crippen molar-refractivity contribution in [3.05, 3.63) is 51.5 Å². The van der Waals surface area contributed by atoms with Crippen molar-refractivity contribution in [3.63, 3.8) is 0 Å². The van der Waals surface area contributed by atoms with Gasteiger partial charge in [0.05, 0.1) is 24.8 Å². The van der Waals surface area contributed by atoms with Crippen LogP contribution in [0, 0.1) is 0 Å². The van der Waals surface area contributed by atoms with E-state index in [0.717, 1.165) is 37.4 Å². The molecule has 1 aliphatic rings. The number of carbonyl (C=O) groups is 1. The highest BCUT2D eigenvalue weighted by Crippen LogP contribution is 2.35. The summed E-state index contributed by atoms with van der Waals surface area (Å²) in [5.41, 5.74) is 1.58. The van der Waals surface area contributed by atoms with E-state index in [1.54, 1.807) is 31.3 Å². The average Bonchev–Trinajstić information content (AvgIpc) is 2.72. The molecule has 0 saturated heterocycles. The molecular weight excluding hydrogens is 415 g/mol. The predicted octanol–water partition coefficient (Wildman–Crippen LogP) is 4.03. The molecular formula is C21H24Cl2N2O4. The first-order chi connectivity index (χ1) is 14.0. The normalized spacial score (nSPS) is 13.1. The van der Waals surface area contributed by atoms with Crippen LogP contribution in [0.3, 0.4) is 0 Å². The van der Waals surface area contributed by atoms with Gasteiger partial charge in [-0.1, -0.05) is 29.3 Å². The number of hydrogen-bond acceptors (Lipinski definition) is 5. The monoisotopic (exact) mass is 438 g/mol. The maximum atomic E-state index is 12.6. The number of rotatable bonds is 9. The van der Waals surface area contributed by atoms with Gasteiger partial charge in [-0.2, -0.15) is 0 Å². The summed E-state index contributed by atoms with van der Waals surface area (Å²) in [4.78, 5) is 14.3. The van der Waals surface area contributed by atoms with Crippen LogP contribution in [0.5, 0.6) is 17.2 Å². The highest BCUT2D eigenvalue weighted by atomic mass is 35.5. The summed E-state index contributed by atoms with van der Waals surface area (Å²) in [6.07, 6.45) is 1.68. The Morgan fingerprint density at radius 1 is 1.10 bits per heavy atom. The summed E-state index contributed by atoms with van der Waals surface area (Å²) < 4.78 is 16.2. The van der Waals surface area contributed by atoms with Gasteiger partial charge in [-0.05, 0) is 55.8 Å². The van der Waals surface area contributed by atoms with Crippen molar-refractivity contribution in [2.45, 2.75) is 12.8 Å². The third-order valence-electron chi connectivity index (χ3n) is 4.71. The van der Waals surface area contributed by atoms with E-state index in [4.69, 9.17) is 37.4 Å². The number of halogens is 2. The molecule has 0 atom stereocenters. The van der Waals surface area contributed by atoms with Gasteiger partial charge in [-0.25, -0.2) is 0 Å². The molecule has 1 N–H and O–H groups in total. The fourth-order valence-electron chi connectivity index (χ4n) is 3.19. The molecule has 2 aromatic rings. The van der Waals surface area contributed by atoms with Crippen molar-refractivity contribution < 1.29 is 19.0 Å². The topological polar surface area (TPSA) is 60.0 Å². The van der Waals surface area contributed by atoms with Crippen LogP contribution in [0.25, 0.3) is 0 Å². The lowest BCUT2D eigenvalue weighted by Crippen LogP contribution is -2.40. The molecule has 0 saturated carbocycles. The van der Waals surface area contributed by atoms with Crippen LogP contribution >= 0.6 is 23.2 Å². The Bertz CT molecular complexity index is 876. The van der Waals surface area contributed by atoms with E-state index in [0.29, 0.717) is 27.9 Å². The SMILES string of the molecule is COc1ccc(CCNCCCN2COc3c(Cl)cc(Cl)cc3C2=O)cc1OC. The molecule has 0 aliphatic carbocycles. The minimum absolute atomic E-state index is 0.110. The van der Waals surface area contributed by atoms with Crippen LogP contribution in [0.2, 0.25) is 10.0 Å². The van der Waals surface area contributed by atoms with Gasteiger partial charge in [-0.15, -0.1) is 0 Å². The van der Waals surface area contributed by atoms with Gasteiger partial charge in [0.25, 0.3) is 5.91 Å². The summed E-state index contributed by atoms with van der Waals surface area (Å²) in [5, 5.41) is 4.18. The number of carbonyl (C=O) groups excluding carboxylic acids is 1. The van der Waals surface area contributed by atoms with Crippen LogP contribution in [-0.2, 0) is 6.42 Å². The molecule has 8 heteroatoms. The Balaban J connectivity index is 1.42. The molecule has 0 bridgehead atoms. The number of nitrogens with zero attached hydrogens (tertiary/aromatic N) is 1. The highest BCUT2D eigenvalue weighted by molar-refractivity contribution is 6.36. The van der Waals surface area contributed by atoms with Gasteiger partial charge >= 0.3 is 0 Å². The lowest BCUT2D eigenvalue weighted by molar-refractivity contribution is 0.0519. The minimum atomic E-state index is -0.110. The molecule has 1 heterocycles. The number of methoxy groups -OCH3 is 2. The Morgan fingerprint density at radius 3 is 2.66 bits per heavy atom. The fourth-order valence-corrected chi connectivity index (χ4v) is 3.74. The maximum Gasteiger partial charge on any atom is 0.260 e. The summed E-state index contributed by atoms with van der Waals surface area (Å²) in [6.45, 7) is 2.40. The number of hydrogen-bond donors (Lipinski definition) is 1. The zero-order valence-electron chi connectivity index (χ0n) is 16.5. The maximum absolute atomic E-state index is 12.6. The van der Waals surface area contributed by atoms with Crippen molar-refractivity contribution in [2.75, 3.05) is 40.6 Å². The quantitative estimate of drug-likeness (QED) is 0.598. The van der Waals surface area contributed by atoms with E-state index in [9.17, 15) is 4.79 Å². The second kappa shape index (κ2) is 10.1. The Labute approximate surface area is 180 Å². The van der Waals surface area contributed by atoms with E-state index >= 15 is 0 Å². The van der Waals surface area contributed by atoms with Gasteiger partial charge < -0.3 is 24.4 Å². The first kappa shape index (κ1) is 21.6. The third kappa shape index (κ3) is 5.26. The summed E-state index contributed by atoms with van der Waals surface area (Å²) in [7, 11) is 3.25. The first-order valence-corrected chi connectivity index (χ1v) is 10.1. The number of benzene rings is 2. The number of fused-ring (bicyclic) bond motifs is 1. The highest BCUT2D eigenvalue weighted by Gasteiger charge is 2.27. The lowest BCUT2D eigenvalue weighted by atomic mass is 10.1. The van der Waals surface area contributed by atoms with Crippen molar-refractivity contribution in [1.29, 1.82) is 0 Å². The average molecular weight is 439 g/mol. The molecule has 6 nitrogen and oxygen atoms in total. The zero-order valence-corrected chi connectivity index (χ0v) is 18.0. The Kier molecular flexibility index (Phi) is 7.47. The smallest absolute Gasteiger partial charge is 0.260 e. The molecule has 0 unspecified atom stereocenters. The van der Waals surface area contributed by atoms with Gasteiger partial charge in [0, 0.05) is 11.6 Å². The largest absolute Gasteiger partial charge is 0.493 e. The van der Waals surface area contributed by atoms with Crippen LogP contribution in [0.15, 0.2) is 30.3 Å². The predicted molar refractivity (Wildman–Crippen MR) is 114 cm³/mol. The van der Waals surface area contributed by atoms with Gasteiger partial charge in [0.1, 0.15) is 0 Å². The second-order valence-electron chi connectivity index (χ2n) is 6.65. The van der Waals surface area contributed by atoms with Crippen LogP contribution in [-0.4, -0.2) is 51.4 Å². The lowest BCUT2D eigenvalue weighted by Gasteiger charge is -2.29. The molecule has 0 spiro atoms. The molecule has 0 radical (unpaired) electrons. The summed E-state index contributed by atoms with van der Waals surface area (Å²) >= 11 is 12.1. The van der Waals surface area contributed by atoms with Crippen LogP contribution in [0.1, 0.15) is 22.3 Å². The van der Waals surface area contributed by atoms with Gasteiger partial charge in [0.2, 0.25) is 0 Å². The van der Waals surface area contributed by atoms with Crippen molar-refractivity contribution in [1.82, 2.24) is 10.2 Å². The van der Waals surface area contributed by atoms with Crippen molar-refractivity contribution >= 4 is 29.1 Å². The van der Waals surface area contributed by atoms with Crippen LogP contribution in [0.4, 0.5) is 0 Å². The zero-order chi connectivity index (χ0) is 20.8. The molecule has 2 aromatic carbocycles. The van der Waals surface area contributed by atoms with E-state index in [1.165, 1.54) is 5.56 Å². The standard InChI is InChI=1S/C21H24Cl2N2O4/c1-27-18-5-4-14(10-19(18)28-2)6-8-24-7-3-9-25-13-29-20-16(21(25)26)11-15(22)12-17(20)23/h4-5,10-12,24H,3,6-9,13H2,1-2H3. The first-order valence-electron chi connectivity index (χ1n) is 9.36. The van der Waals surface area contributed by atoms with E-state index < -0.39 is 0 Å². The number of nitrogens with one attached hydrogen (secondary N) is 1. The molecule has 29 heavy (non-hydrogen) atoms. The molecule has 1 aliphatic heterocycles. The molecule has 0 aromatic heterocycles. The number of ether oxygens (including phenoxy) is 3. The van der Waals surface area contributed by atoms with Crippen LogP contribution < -0.4 is 19.5 Å².